The summed E-state index contributed by atoms with van der Waals surface area (Å²) >= 11 is 3.40. The van der Waals surface area contributed by atoms with E-state index in [1.165, 1.54) is 0 Å². The van der Waals surface area contributed by atoms with Crippen molar-refractivity contribution in [2.75, 3.05) is 17.2 Å². The summed E-state index contributed by atoms with van der Waals surface area (Å²) in [5.74, 6) is 1.39. The van der Waals surface area contributed by atoms with Crippen LogP contribution in [0.1, 0.15) is 33.6 Å². The second-order valence-corrected chi connectivity index (χ2v) is 7.66. The maximum absolute atomic E-state index is 12.7. The molecule has 2 N–H and O–H groups in total. The minimum atomic E-state index is -0.568. The van der Waals surface area contributed by atoms with E-state index in [0.29, 0.717) is 29.7 Å². The number of ether oxygens (including phenoxy) is 1. The van der Waals surface area contributed by atoms with Gasteiger partial charge < -0.3 is 10.5 Å². The van der Waals surface area contributed by atoms with Crippen LogP contribution in [0.3, 0.4) is 0 Å². The first-order valence-electron chi connectivity index (χ1n) is 7.55. The van der Waals surface area contributed by atoms with E-state index in [1.54, 1.807) is 21.7 Å². The molecule has 0 aliphatic heterocycles. The largest absolute Gasteiger partial charge is 0.443 e. The molecule has 0 atom stereocenters. The molecule has 124 valence electrons. The number of carbonyl (C=O) groups is 1. The highest BCUT2D eigenvalue weighted by Crippen LogP contribution is 2.33. The van der Waals surface area contributed by atoms with E-state index < -0.39 is 11.7 Å². The Hall–Kier alpha value is -1.83. The first kappa shape index (κ1) is 16.0. The van der Waals surface area contributed by atoms with Gasteiger partial charge in [-0.2, -0.15) is 9.61 Å². The highest BCUT2D eigenvalue weighted by atomic mass is 79.9. The fraction of sp³-hybridized carbons (Fsp3) is 0.533. The summed E-state index contributed by atoms with van der Waals surface area (Å²) < 4.78 is 7.88. The van der Waals surface area contributed by atoms with Crippen LogP contribution in [0.25, 0.3) is 5.65 Å². The zero-order chi connectivity index (χ0) is 16.8. The van der Waals surface area contributed by atoms with Crippen molar-refractivity contribution in [1.29, 1.82) is 0 Å². The molecule has 0 radical (unpaired) electrons. The van der Waals surface area contributed by atoms with Gasteiger partial charge in [0.1, 0.15) is 17.2 Å². The number of hydrogen-bond acceptors (Lipinski definition) is 5. The third-order valence-electron chi connectivity index (χ3n) is 3.46. The van der Waals surface area contributed by atoms with E-state index in [9.17, 15) is 4.79 Å². The second kappa shape index (κ2) is 5.67. The van der Waals surface area contributed by atoms with E-state index in [2.05, 4.69) is 26.0 Å². The zero-order valence-electron chi connectivity index (χ0n) is 13.4. The number of fused-ring (bicyclic) bond motifs is 1. The number of rotatable bonds is 3. The first-order chi connectivity index (χ1) is 10.7. The van der Waals surface area contributed by atoms with Gasteiger partial charge in [0.05, 0.1) is 10.7 Å². The molecule has 1 saturated carbocycles. The van der Waals surface area contributed by atoms with Gasteiger partial charge in [-0.3, -0.25) is 4.90 Å². The molecule has 2 aromatic rings. The van der Waals surface area contributed by atoms with Gasteiger partial charge in [0, 0.05) is 12.6 Å². The van der Waals surface area contributed by atoms with Gasteiger partial charge in [0.2, 0.25) is 0 Å². The molecule has 0 bridgehead atoms. The number of nitrogens with two attached hydrogens (primary N) is 1. The van der Waals surface area contributed by atoms with Crippen LogP contribution in [0.15, 0.2) is 16.7 Å². The number of hydrogen-bond donors (Lipinski definition) is 1. The van der Waals surface area contributed by atoms with Crippen LogP contribution in [0, 0.1) is 5.92 Å². The lowest BCUT2D eigenvalue weighted by Crippen LogP contribution is -2.39. The van der Waals surface area contributed by atoms with Crippen LogP contribution in [-0.4, -0.2) is 32.8 Å². The predicted octanol–water partition coefficient (Wildman–Crippen LogP) is 3.23. The fourth-order valence-electron chi connectivity index (χ4n) is 2.27. The summed E-state index contributed by atoms with van der Waals surface area (Å²) in [4.78, 5) is 18.5. The molecule has 1 amide bonds. The Bertz CT molecular complexity index is 748. The van der Waals surface area contributed by atoms with Crippen LogP contribution in [0.4, 0.5) is 16.4 Å². The van der Waals surface area contributed by atoms with E-state index in [1.807, 2.05) is 20.8 Å². The molecule has 0 saturated heterocycles. The maximum Gasteiger partial charge on any atom is 0.416 e. The summed E-state index contributed by atoms with van der Waals surface area (Å²) in [5.41, 5.74) is 5.92. The molecule has 8 heteroatoms. The number of nitrogen functional groups attached to an aromatic ring is 1. The van der Waals surface area contributed by atoms with Crippen molar-refractivity contribution < 1.29 is 9.53 Å². The van der Waals surface area contributed by atoms with Gasteiger partial charge >= 0.3 is 6.09 Å². The summed E-state index contributed by atoms with van der Waals surface area (Å²) in [6, 6.07) is 1.65. The Morgan fingerprint density at radius 1 is 1.52 bits per heavy atom. The molecular weight excluding hydrogens is 362 g/mol. The van der Waals surface area contributed by atoms with Crippen molar-refractivity contribution in [1.82, 2.24) is 14.6 Å². The van der Waals surface area contributed by atoms with Crippen LogP contribution in [0.2, 0.25) is 0 Å². The van der Waals surface area contributed by atoms with Crippen LogP contribution in [0.5, 0.6) is 0 Å². The lowest BCUT2D eigenvalue weighted by atomic mass is 10.2. The van der Waals surface area contributed by atoms with Crippen LogP contribution in [-0.2, 0) is 4.74 Å². The Kier molecular flexibility index (Phi) is 3.95. The normalized spacial score (nSPS) is 15.0. The van der Waals surface area contributed by atoms with E-state index in [0.717, 1.165) is 17.3 Å². The maximum atomic E-state index is 12.7. The molecular formula is C15H20BrN5O2. The SMILES string of the molecule is CC(C)(C)OC(=O)N(CC1CC1)c1cc(N)nc2c(Br)cnn12. The van der Waals surface area contributed by atoms with Crippen LogP contribution < -0.4 is 10.6 Å². The number of amides is 1. The lowest BCUT2D eigenvalue weighted by molar-refractivity contribution is 0.0577. The standard InChI is InChI=1S/C15H20BrN5O2/c1-15(2,3)23-14(22)20(8-9-4-5-9)12-6-11(17)19-13-10(16)7-18-21(12)13/h6-7,9H,4-5,8H2,1-3H3,(H2,17,19). The highest BCUT2D eigenvalue weighted by Gasteiger charge is 2.32. The Labute approximate surface area is 142 Å². The molecule has 1 aliphatic carbocycles. The van der Waals surface area contributed by atoms with Crippen molar-refractivity contribution >= 4 is 39.3 Å². The van der Waals surface area contributed by atoms with Gasteiger partial charge in [-0.05, 0) is 55.5 Å². The molecule has 1 fully saturated rings. The molecule has 0 aromatic carbocycles. The molecule has 0 unspecified atom stereocenters. The Balaban J connectivity index is 2.04. The van der Waals surface area contributed by atoms with Crippen LogP contribution >= 0.6 is 15.9 Å². The van der Waals surface area contributed by atoms with E-state index in [4.69, 9.17) is 10.5 Å². The number of carbonyl (C=O) groups excluding carboxylic acids is 1. The molecule has 23 heavy (non-hydrogen) atoms. The smallest absolute Gasteiger partial charge is 0.416 e. The number of halogens is 1. The van der Waals surface area contributed by atoms with Crippen molar-refractivity contribution in [3.63, 3.8) is 0 Å². The van der Waals surface area contributed by atoms with Crippen molar-refractivity contribution in [2.45, 2.75) is 39.2 Å². The molecule has 1 aliphatic rings. The van der Waals surface area contributed by atoms with Gasteiger partial charge in [0.25, 0.3) is 0 Å². The van der Waals surface area contributed by atoms with Crippen molar-refractivity contribution in [3.8, 4) is 0 Å². The lowest BCUT2D eigenvalue weighted by Gasteiger charge is -2.27. The van der Waals surface area contributed by atoms with E-state index >= 15 is 0 Å². The first-order valence-corrected chi connectivity index (χ1v) is 8.34. The number of aromatic nitrogens is 3. The van der Waals surface area contributed by atoms with Crippen molar-refractivity contribution in [3.05, 3.63) is 16.7 Å². The summed E-state index contributed by atoms with van der Waals surface area (Å²) in [6.45, 7) is 6.13. The molecule has 3 rings (SSSR count). The Morgan fingerprint density at radius 3 is 2.83 bits per heavy atom. The fourth-order valence-corrected chi connectivity index (χ4v) is 2.62. The van der Waals surface area contributed by atoms with E-state index in [-0.39, 0.29) is 0 Å². The predicted molar refractivity (Wildman–Crippen MR) is 91.4 cm³/mol. The monoisotopic (exact) mass is 381 g/mol. The van der Waals surface area contributed by atoms with Gasteiger partial charge in [0.15, 0.2) is 5.65 Å². The van der Waals surface area contributed by atoms with Crippen molar-refractivity contribution in [2.24, 2.45) is 5.92 Å². The summed E-state index contributed by atoms with van der Waals surface area (Å²) in [7, 11) is 0. The van der Waals surface area contributed by atoms with Gasteiger partial charge in [-0.25, -0.2) is 9.78 Å². The van der Waals surface area contributed by atoms with Gasteiger partial charge in [-0.15, -0.1) is 0 Å². The minimum Gasteiger partial charge on any atom is -0.443 e. The molecule has 7 nitrogen and oxygen atoms in total. The second-order valence-electron chi connectivity index (χ2n) is 6.80. The summed E-state index contributed by atoms with van der Waals surface area (Å²) in [6.07, 6.45) is 3.47. The molecule has 2 heterocycles. The third kappa shape index (κ3) is 3.57. The number of nitrogens with zero attached hydrogens (tertiary/aromatic N) is 4. The average Bonchev–Trinajstić information content (AvgIpc) is 3.17. The van der Waals surface area contributed by atoms with Gasteiger partial charge in [-0.1, -0.05) is 0 Å². The Morgan fingerprint density at radius 2 is 2.22 bits per heavy atom. The number of anilines is 2. The minimum absolute atomic E-state index is 0.332. The zero-order valence-corrected chi connectivity index (χ0v) is 15.0. The topological polar surface area (TPSA) is 85.8 Å². The summed E-state index contributed by atoms with van der Waals surface area (Å²) in [5, 5.41) is 4.29. The molecule has 0 spiro atoms. The molecule has 2 aromatic heterocycles. The highest BCUT2D eigenvalue weighted by molar-refractivity contribution is 9.10. The average molecular weight is 382 g/mol. The third-order valence-corrected chi connectivity index (χ3v) is 4.02. The quantitative estimate of drug-likeness (QED) is 0.881.